The Kier molecular flexibility index (Phi) is 11.2. The van der Waals surface area contributed by atoms with Crippen molar-refractivity contribution in [1.82, 2.24) is 5.32 Å². The van der Waals surface area contributed by atoms with E-state index in [1.807, 2.05) is 37.4 Å². The van der Waals surface area contributed by atoms with E-state index in [0.717, 1.165) is 41.5 Å². The number of carboxylic acid groups (broad SMARTS) is 2. The minimum absolute atomic E-state index is 0.126. The van der Waals surface area contributed by atoms with Crippen molar-refractivity contribution in [2.75, 3.05) is 25.1 Å². The quantitative estimate of drug-likeness (QED) is 0.261. The maximum absolute atomic E-state index is 12.9. The number of ether oxygens (including phenoxy) is 1. The first-order chi connectivity index (χ1) is 18.6. The lowest BCUT2D eigenvalue weighted by Gasteiger charge is -2.34. The van der Waals surface area contributed by atoms with E-state index >= 15 is 0 Å². The normalized spacial score (nSPS) is 18.0. The van der Waals surface area contributed by atoms with Crippen LogP contribution in [0.15, 0.2) is 47.4 Å². The molecule has 9 heteroatoms. The average molecular weight is 557 g/mol. The zero-order valence-electron chi connectivity index (χ0n) is 23.1. The molecule has 0 aromatic heterocycles. The highest BCUT2D eigenvalue weighted by molar-refractivity contribution is 8.00. The molecule has 1 unspecified atom stereocenters. The van der Waals surface area contributed by atoms with Gasteiger partial charge in [-0.1, -0.05) is 37.5 Å². The molecule has 0 radical (unpaired) electrons. The lowest BCUT2D eigenvalue weighted by Crippen LogP contribution is -2.44. The van der Waals surface area contributed by atoms with Gasteiger partial charge in [-0.3, -0.25) is 4.79 Å². The number of hydrogen-bond donors (Lipinski definition) is 3. The number of carboxylic acids is 2. The zero-order valence-corrected chi connectivity index (χ0v) is 23.9. The van der Waals surface area contributed by atoms with E-state index in [2.05, 4.69) is 31.3 Å². The summed E-state index contributed by atoms with van der Waals surface area (Å²) in [6.45, 7) is 6.32. The topological polar surface area (TPSA) is 116 Å². The van der Waals surface area contributed by atoms with Crippen LogP contribution < -0.4 is 15.0 Å². The van der Waals surface area contributed by atoms with Crippen LogP contribution in [-0.4, -0.2) is 53.8 Å². The smallest absolute Gasteiger partial charge is 0.414 e. The monoisotopic (exact) mass is 556 g/mol. The highest BCUT2D eigenvalue weighted by atomic mass is 32.2. The van der Waals surface area contributed by atoms with Gasteiger partial charge in [0.25, 0.3) is 0 Å². The Labute approximate surface area is 235 Å². The van der Waals surface area contributed by atoms with E-state index in [1.54, 1.807) is 16.7 Å². The number of nitrogens with zero attached hydrogens (tertiary/aromatic N) is 1. The van der Waals surface area contributed by atoms with Crippen LogP contribution in [0.2, 0.25) is 0 Å². The standard InChI is InChI=1S/C28H38N2O2S.C2H2O4/c1-21-10-15-24-25(20-21)33-26(27(31)30(24)3)22-11-13-23(14-12-22)32-19-9-5-8-18-29-28(2)16-6-4-7-17-28;3-1(4)2(5)6/h10-15,20,26,29H,4-9,16-19H2,1-3H3;(H,3,4)(H,5,6). The third-order valence-electron chi connectivity index (χ3n) is 7.24. The summed E-state index contributed by atoms with van der Waals surface area (Å²) in [5, 5.41) is 18.4. The van der Waals surface area contributed by atoms with Crippen molar-refractivity contribution in [3.05, 3.63) is 53.6 Å². The number of aliphatic carboxylic acids is 2. The Morgan fingerprint density at radius 2 is 1.69 bits per heavy atom. The van der Waals surface area contributed by atoms with Crippen LogP contribution in [0.25, 0.3) is 0 Å². The number of unbranched alkanes of at least 4 members (excludes halogenated alkanes) is 2. The van der Waals surface area contributed by atoms with Crippen LogP contribution >= 0.6 is 11.8 Å². The molecule has 212 valence electrons. The number of amides is 1. The molecule has 8 nitrogen and oxygen atoms in total. The highest BCUT2D eigenvalue weighted by Crippen LogP contribution is 2.46. The summed E-state index contributed by atoms with van der Waals surface area (Å²) >= 11 is 1.64. The molecule has 2 aromatic rings. The average Bonchev–Trinajstić information content (AvgIpc) is 2.91. The number of carbonyl (C=O) groups excluding carboxylic acids is 1. The largest absolute Gasteiger partial charge is 0.494 e. The molecule has 4 rings (SSSR count). The molecule has 1 amide bonds. The summed E-state index contributed by atoms with van der Waals surface area (Å²) in [6, 6.07) is 14.3. The van der Waals surface area contributed by atoms with Gasteiger partial charge in [0, 0.05) is 17.5 Å². The zero-order chi connectivity index (χ0) is 28.4. The molecule has 2 aromatic carbocycles. The molecule has 2 aliphatic rings. The molecular weight excluding hydrogens is 516 g/mol. The van der Waals surface area contributed by atoms with E-state index in [4.69, 9.17) is 24.5 Å². The van der Waals surface area contributed by atoms with Crippen LogP contribution in [0.3, 0.4) is 0 Å². The van der Waals surface area contributed by atoms with Gasteiger partial charge in [-0.15, -0.1) is 11.8 Å². The van der Waals surface area contributed by atoms with Crippen LogP contribution in [0, 0.1) is 6.92 Å². The van der Waals surface area contributed by atoms with Gasteiger partial charge in [-0.05, 0) is 87.9 Å². The summed E-state index contributed by atoms with van der Waals surface area (Å²) in [7, 11) is 1.87. The Hall–Kier alpha value is -3.04. The van der Waals surface area contributed by atoms with Crippen LogP contribution in [0.4, 0.5) is 5.69 Å². The molecule has 1 aliphatic carbocycles. The van der Waals surface area contributed by atoms with E-state index in [1.165, 1.54) is 50.5 Å². The number of benzene rings is 2. The second-order valence-corrected chi connectivity index (χ2v) is 11.6. The molecule has 1 saturated carbocycles. The van der Waals surface area contributed by atoms with Gasteiger partial charge >= 0.3 is 11.9 Å². The molecule has 1 fully saturated rings. The SMILES string of the molecule is Cc1ccc2c(c1)SC(c1ccc(OCCCCCNC3(C)CCCCC3)cc1)C(=O)N2C.O=C(O)C(=O)O. The van der Waals surface area contributed by atoms with Crippen molar-refractivity contribution in [3.63, 3.8) is 0 Å². The fourth-order valence-electron chi connectivity index (χ4n) is 4.91. The number of nitrogens with one attached hydrogen (secondary N) is 1. The fraction of sp³-hybridized carbons (Fsp3) is 0.500. The number of carbonyl (C=O) groups is 3. The molecule has 3 N–H and O–H groups in total. The minimum Gasteiger partial charge on any atom is -0.494 e. The third-order valence-corrected chi connectivity index (χ3v) is 8.53. The predicted octanol–water partition coefficient (Wildman–Crippen LogP) is 5.82. The number of fused-ring (bicyclic) bond motifs is 1. The number of anilines is 1. The number of likely N-dealkylation sites (N-methyl/N-ethyl adjacent to an activating group) is 1. The van der Waals surface area contributed by atoms with Gasteiger partial charge in [-0.2, -0.15) is 0 Å². The van der Waals surface area contributed by atoms with E-state index in [-0.39, 0.29) is 11.2 Å². The number of hydrogen-bond acceptors (Lipinski definition) is 6. The molecular formula is C30H40N2O6S. The second kappa shape index (κ2) is 14.4. The third kappa shape index (κ3) is 9.00. The molecule has 0 bridgehead atoms. The molecule has 0 spiro atoms. The highest BCUT2D eigenvalue weighted by Gasteiger charge is 2.32. The van der Waals surface area contributed by atoms with Crippen LogP contribution in [0.1, 0.15) is 74.7 Å². The van der Waals surface area contributed by atoms with Crippen molar-refractivity contribution in [3.8, 4) is 5.75 Å². The summed E-state index contributed by atoms with van der Waals surface area (Å²) in [4.78, 5) is 34.1. The first-order valence-electron chi connectivity index (χ1n) is 13.6. The van der Waals surface area contributed by atoms with Gasteiger partial charge in [-0.25, -0.2) is 9.59 Å². The van der Waals surface area contributed by atoms with Crippen molar-refractivity contribution < 1.29 is 29.3 Å². The number of thioether (sulfide) groups is 1. The van der Waals surface area contributed by atoms with Crippen molar-refractivity contribution >= 4 is 35.3 Å². The Bertz CT molecular complexity index is 1120. The maximum atomic E-state index is 12.9. The van der Waals surface area contributed by atoms with Gasteiger partial charge in [0.05, 0.1) is 12.3 Å². The lowest BCUT2D eigenvalue weighted by atomic mass is 9.83. The van der Waals surface area contributed by atoms with Crippen molar-refractivity contribution in [2.24, 2.45) is 0 Å². The van der Waals surface area contributed by atoms with E-state index in [0.29, 0.717) is 5.54 Å². The number of rotatable bonds is 9. The predicted molar refractivity (Wildman–Crippen MR) is 154 cm³/mol. The van der Waals surface area contributed by atoms with Crippen LogP contribution in [0.5, 0.6) is 5.75 Å². The van der Waals surface area contributed by atoms with Crippen molar-refractivity contribution in [1.29, 1.82) is 0 Å². The summed E-state index contributed by atoms with van der Waals surface area (Å²) in [5.41, 5.74) is 3.60. The maximum Gasteiger partial charge on any atom is 0.414 e. The van der Waals surface area contributed by atoms with E-state index in [9.17, 15) is 4.79 Å². The molecule has 1 heterocycles. The van der Waals surface area contributed by atoms with E-state index < -0.39 is 11.9 Å². The summed E-state index contributed by atoms with van der Waals surface area (Å²) in [6.07, 6.45) is 10.2. The summed E-state index contributed by atoms with van der Waals surface area (Å²) < 4.78 is 5.96. The Morgan fingerprint density at radius 1 is 1.03 bits per heavy atom. The molecule has 0 saturated heterocycles. The fourth-order valence-corrected chi connectivity index (χ4v) is 6.29. The molecule has 1 atom stereocenters. The number of aryl methyl sites for hydroxylation is 1. The first kappa shape index (κ1) is 30.5. The Balaban J connectivity index is 0.000000631. The molecule has 1 aliphatic heterocycles. The van der Waals surface area contributed by atoms with Gasteiger partial charge in [0.15, 0.2) is 0 Å². The lowest BCUT2D eigenvalue weighted by molar-refractivity contribution is -0.159. The molecule has 39 heavy (non-hydrogen) atoms. The first-order valence-corrected chi connectivity index (χ1v) is 14.5. The Morgan fingerprint density at radius 3 is 2.33 bits per heavy atom. The second-order valence-electron chi connectivity index (χ2n) is 10.5. The van der Waals surface area contributed by atoms with Gasteiger partial charge in [0.1, 0.15) is 11.0 Å². The van der Waals surface area contributed by atoms with Crippen molar-refractivity contribution in [2.45, 2.75) is 80.9 Å². The van der Waals surface area contributed by atoms with Gasteiger partial charge < -0.3 is 25.2 Å². The van der Waals surface area contributed by atoms with Crippen LogP contribution in [-0.2, 0) is 14.4 Å². The minimum atomic E-state index is -1.82. The summed E-state index contributed by atoms with van der Waals surface area (Å²) in [5.74, 6) is -2.64. The van der Waals surface area contributed by atoms with Gasteiger partial charge in [0.2, 0.25) is 5.91 Å².